The smallest absolute Gasteiger partial charge is 0.235 e. The quantitative estimate of drug-likeness (QED) is 0.407. The molecule has 1 saturated heterocycles. The summed E-state index contributed by atoms with van der Waals surface area (Å²) in [7, 11) is 0. The molecule has 1 N–H and O–H groups in total. The van der Waals surface area contributed by atoms with Crippen molar-refractivity contribution in [2.24, 2.45) is 11.8 Å². The second kappa shape index (κ2) is 8.24. The SMILES string of the molecule is C[C@@H](O)[C@H]1C(=O)N2C(C(=O)[O-])=C(CSc3cc[n+](Cc4ccccc4)cc3)[C@H](C)[C@H]12. The van der Waals surface area contributed by atoms with E-state index in [0.717, 1.165) is 11.4 Å². The van der Waals surface area contributed by atoms with Crippen molar-refractivity contribution in [3.8, 4) is 0 Å². The van der Waals surface area contributed by atoms with Crippen LogP contribution in [0.3, 0.4) is 0 Å². The molecular formula is C23H24N2O4S. The van der Waals surface area contributed by atoms with E-state index >= 15 is 0 Å². The molecule has 0 unspecified atom stereocenters. The first-order valence-electron chi connectivity index (χ1n) is 10.00. The summed E-state index contributed by atoms with van der Waals surface area (Å²) >= 11 is 1.54. The molecule has 30 heavy (non-hydrogen) atoms. The Labute approximate surface area is 179 Å². The molecule has 4 rings (SSSR count). The van der Waals surface area contributed by atoms with Crippen LogP contribution in [0.5, 0.6) is 0 Å². The molecule has 1 amide bonds. The lowest BCUT2D eigenvalue weighted by molar-refractivity contribution is -0.688. The van der Waals surface area contributed by atoms with Crippen molar-refractivity contribution < 1.29 is 24.4 Å². The van der Waals surface area contributed by atoms with Crippen LogP contribution < -0.4 is 9.67 Å². The number of rotatable bonds is 7. The number of carbonyl (C=O) groups is 2. The normalized spacial score (nSPS) is 23.9. The van der Waals surface area contributed by atoms with E-state index < -0.39 is 18.0 Å². The zero-order valence-corrected chi connectivity index (χ0v) is 17.7. The van der Waals surface area contributed by atoms with Gasteiger partial charge in [0, 0.05) is 34.3 Å². The summed E-state index contributed by atoms with van der Waals surface area (Å²) in [6.45, 7) is 4.28. The van der Waals surface area contributed by atoms with E-state index in [1.807, 2.05) is 49.6 Å². The number of pyridine rings is 1. The van der Waals surface area contributed by atoms with Gasteiger partial charge in [-0.15, -0.1) is 11.8 Å². The molecule has 1 aromatic carbocycles. The molecule has 0 aliphatic carbocycles. The monoisotopic (exact) mass is 424 g/mol. The van der Waals surface area contributed by atoms with E-state index in [1.54, 1.807) is 6.92 Å². The molecule has 2 aliphatic rings. The number of carboxylic acid groups (broad SMARTS) is 1. The van der Waals surface area contributed by atoms with Crippen molar-refractivity contribution in [2.45, 2.75) is 37.4 Å². The topological polar surface area (TPSA) is 84.5 Å². The number of aliphatic carboxylic acids is 1. The lowest BCUT2D eigenvalue weighted by atomic mass is 9.78. The van der Waals surface area contributed by atoms with Gasteiger partial charge < -0.3 is 19.9 Å². The number of nitrogens with zero attached hydrogens (tertiary/aromatic N) is 2. The highest BCUT2D eigenvalue weighted by atomic mass is 32.2. The fraction of sp³-hybridized carbons (Fsp3) is 0.348. The first-order chi connectivity index (χ1) is 14.4. The molecule has 4 atom stereocenters. The highest BCUT2D eigenvalue weighted by Crippen LogP contribution is 2.47. The number of β-lactam (4-membered cyclic amide) rings is 1. The summed E-state index contributed by atoms with van der Waals surface area (Å²) in [5.74, 6) is -1.88. The van der Waals surface area contributed by atoms with E-state index in [1.165, 1.54) is 22.2 Å². The first-order valence-corrected chi connectivity index (χ1v) is 11.0. The Morgan fingerprint density at radius 2 is 1.90 bits per heavy atom. The van der Waals surface area contributed by atoms with Crippen LogP contribution in [-0.2, 0) is 16.1 Å². The van der Waals surface area contributed by atoms with Gasteiger partial charge in [-0.3, -0.25) is 4.79 Å². The Morgan fingerprint density at radius 3 is 2.50 bits per heavy atom. The van der Waals surface area contributed by atoms with Crippen LogP contribution in [0.2, 0.25) is 0 Å². The molecular weight excluding hydrogens is 400 g/mol. The average Bonchev–Trinajstić information content (AvgIpc) is 2.96. The van der Waals surface area contributed by atoms with Crippen LogP contribution in [0.25, 0.3) is 0 Å². The van der Waals surface area contributed by atoms with Crippen LogP contribution >= 0.6 is 11.8 Å². The van der Waals surface area contributed by atoms with Crippen molar-refractivity contribution in [1.82, 2.24) is 4.90 Å². The number of carboxylic acids is 1. The summed E-state index contributed by atoms with van der Waals surface area (Å²) in [4.78, 5) is 26.5. The number of thioether (sulfide) groups is 1. The molecule has 7 heteroatoms. The van der Waals surface area contributed by atoms with Crippen LogP contribution in [0.1, 0.15) is 19.4 Å². The molecule has 6 nitrogen and oxygen atoms in total. The van der Waals surface area contributed by atoms with E-state index in [-0.39, 0.29) is 23.6 Å². The summed E-state index contributed by atoms with van der Waals surface area (Å²) in [6, 6.07) is 13.9. The number of amides is 1. The molecule has 0 spiro atoms. The Morgan fingerprint density at radius 1 is 1.23 bits per heavy atom. The van der Waals surface area contributed by atoms with E-state index in [4.69, 9.17) is 0 Å². The third-order valence-electron chi connectivity index (χ3n) is 5.97. The number of carbonyl (C=O) groups excluding carboxylic acids is 2. The van der Waals surface area contributed by atoms with Gasteiger partial charge in [0.25, 0.3) is 0 Å². The highest BCUT2D eigenvalue weighted by molar-refractivity contribution is 7.99. The Balaban J connectivity index is 1.46. The van der Waals surface area contributed by atoms with Gasteiger partial charge in [-0.2, -0.15) is 0 Å². The zero-order chi connectivity index (χ0) is 21.4. The van der Waals surface area contributed by atoms with Gasteiger partial charge >= 0.3 is 0 Å². The van der Waals surface area contributed by atoms with Gasteiger partial charge in [0.05, 0.1) is 29.7 Å². The minimum atomic E-state index is -1.33. The van der Waals surface area contributed by atoms with Gasteiger partial charge in [0.15, 0.2) is 18.9 Å². The Bertz CT molecular complexity index is 988. The molecule has 2 aromatic rings. The predicted octanol–water partition coefficient (Wildman–Crippen LogP) is 0.976. The van der Waals surface area contributed by atoms with E-state index in [9.17, 15) is 19.8 Å². The van der Waals surface area contributed by atoms with Gasteiger partial charge in [-0.25, -0.2) is 4.57 Å². The van der Waals surface area contributed by atoms with E-state index in [2.05, 4.69) is 16.7 Å². The maximum absolute atomic E-state index is 12.4. The van der Waals surface area contributed by atoms with Gasteiger partial charge in [-0.1, -0.05) is 37.3 Å². The number of fused-ring (bicyclic) bond motifs is 1. The summed E-state index contributed by atoms with van der Waals surface area (Å²) < 4.78 is 2.08. The summed E-state index contributed by atoms with van der Waals surface area (Å²) in [6.07, 6.45) is 3.20. The molecule has 3 heterocycles. The molecule has 1 fully saturated rings. The first kappa shape index (κ1) is 20.6. The van der Waals surface area contributed by atoms with Crippen molar-refractivity contribution in [3.05, 3.63) is 71.7 Å². The molecule has 2 aliphatic heterocycles. The van der Waals surface area contributed by atoms with Crippen molar-refractivity contribution >= 4 is 23.6 Å². The van der Waals surface area contributed by atoms with Gasteiger partial charge in [0.1, 0.15) is 0 Å². The number of aromatic nitrogens is 1. The number of hydrogen-bond donors (Lipinski definition) is 1. The number of aliphatic hydroxyl groups is 1. The molecule has 0 bridgehead atoms. The van der Waals surface area contributed by atoms with Gasteiger partial charge in [0.2, 0.25) is 5.91 Å². The molecule has 0 saturated carbocycles. The summed E-state index contributed by atoms with van der Waals surface area (Å²) in [5.41, 5.74) is 1.90. The largest absolute Gasteiger partial charge is 0.543 e. The maximum atomic E-state index is 12.4. The summed E-state index contributed by atoms with van der Waals surface area (Å²) in [5, 5.41) is 21.7. The van der Waals surface area contributed by atoms with Crippen LogP contribution in [0.4, 0.5) is 0 Å². The highest BCUT2D eigenvalue weighted by Gasteiger charge is 2.58. The fourth-order valence-corrected chi connectivity index (χ4v) is 5.46. The van der Waals surface area contributed by atoms with Crippen molar-refractivity contribution in [2.75, 3.05) is 5.75 Å². The average molecular weight is 425 g/mol. The molecule has 156 valence electrons. The zero-order valence-electron chi connectivity index (χ0n) is 16.9. The fourth-order valence-electron chi connectivity index (χ4n) is 4.42. The van der Waals surface area contributed by atoms with Crippen LogP contribution in [0, 0.1) is 11.8 Å². The maximum Gasteiger partial charge on any atom is 0.235 e. The molecule has 1 aromatic heterocycles. The standard InChI is InChI=1S/C23H24N2O4S/c1-14-18(21(23(28)29)25-20(14)19(15(2)26)22(25)27)13-30-17-8-10-24(11-9-17)12-16-6-4-3-5-7-16/h3-11,14-15,19-20,26H,12-13H2,1-2H3/t14-,15+,19+,20+/m0/s1. The van der Waals surface area contributed by atoms with Crippen molar-refractivity contribution in [3.63, 3.8) is 0 Å². The second-order valence-electron chi connectivity index (χ2n) is 7.90. The third-order valence-corrected chi connectivity index (χ3v) is 7.03. The number of hydrogen-bond acceptors (Lipinski definition) is 5. The predicted molar refractivity (Wildman–Crippen MR) is 110 cm³/mol. The lowest BCUT2D eigenvalue weighted by Gasteiger charge is -2.47. The lowest BCUT2D eigenvalue weighted by Crippen LogP contribution is -2.64. The molecule has 0 radical (unpaired) electrons. The minimum Gasteiger partial charge on any atom is -0.543 e. The minimum absolute atomic E-state index is 0.0167. The Hall–Kier alpha value is -2.64. The van der Waals surface area contributed by atoms with Crippen LogP contribution in [0.15, 0.2) is 71.0 Å². The van der Waals surface area contributed by atoms with Crippen LogP contribution in [-0.4, -0.2) is 39.8 Å². The van der Waals surface area contributed by atoms with E-state index in [0.29, 0.717) is 11.3 Å². The number of aliphatic hydroxyl groups excluding tert-OH is 1. The number of benzene rings is 1. The third kappa shape index (κ3) is 3.63. The van der Waals surface area contributed by atoms with Crippen molar-refractivity contribution in [1.29, 1.82) is 0 Å². The van der Waals surface area contributed by atoms with Gasteiger partial charge in [-0.05, 0) is 12.5 Å². The Kier molecular flexibility index (Phi) is 5.66. The second-order valence-corrected chi connectivity index (χ2v) is 8.94.